The Morgan fingerprint density at radius 3 is 2.48 bits per heavy atom. The molecule has 1 amide bonds. The van der Waals surface area contributed by atoms with Crippen LogP contribution in [0.5, 0.6) is 0 Å². The molecular weight excluding hydrogens is 305 g/mol. The summed E-state index contributed by atoms with van der Waals surface area (Å²) in [5, 5.41) is 4.65. The Morgan fingerprint density at radius 2 is 2.00 bits per heavy atom. The van der Waals surface area contributed by atoms with Crippen LogP contribution in [-0.2, 0) is 17.0 Å². The van der Waals surface area contributed by atoms with Crippen LogP contribution in [0.15, 0.2) is 18.2 Å². The van der Waals surface area contributed by atoms with Crippen molar-refractivity contribution < 1.29 is 22.2 Å². The van der Waals surface area contributed by atoms with Crippen LogP contribution in [0.2, 0.25) is 0 Å². The average molecular weight is 322 g/mol. The summed E-state index contributed by atoms with van der Waals surface area (Å²) < 4.78 is 49.8. The van der Waals surface area contributed by atoms with Gasteiger partial charge in [-0.2, -0.15) is 13.2 Å². The highest BCUT2D eigenvalue weighted by Crippen LogP contribution is 2.35. The maximum atomic E-state index is 12.9. The number of carbonyl (C=O) groups is 1. The number of anilines is 1. The number of hydrogen-bond donors (Lipinski definition) is 2. The van der Waals surface area contributed by atoms with Crippen molar-refractivity contribution >= 4 is 22.4 Å². The Morgan fingerprint density at radius 1 is 1.38 bits per heavy atom. The van der Waals surface area contributed by atoms with Gasteiger partial charge < -0.3 is 10.6 Å². The predicted octanol–water partition coefficient (Wildman–Crippen LogP) is 2.24. The molecule has 0 heterocycles. The van der Waals surface area contributed by atoms with E-state index in [1.807, 2.05) is 0 Å². The van der Waals surface area contributed by atoms with E-state index in [4.69, 9.17) is 0 Å². The summed E-state index contributed by atoms with van der Waals surface area (Å²) in [7, 11) is 0.266. The van der Waals surface area contributed by atoms with Gasteiger partial charge in [0.2, 0.25) is 0 Å². The first-order valence-electron chi connectivity index (χ1n) is 6.16. The van der Waals surface area contributed by atoms with Crippen molar-refractivity contribution in [1.82, 2.24) is 5.32 Å². The molecule has 1 rings (SSSR count). The molecule has 21 heavy (non-hydrogen) atoms. The molecule has 0 aliphatic rings. The molecule has 2 unspecified atom stereocenters. The van der Waals surface area contributed by atoms with Crippen molar-refractivity contribution in [3.63, 3.8) is 0 Å². The Labute approximate surface area is 123 Å². The van der Waals surface area contributed by atoms with Crippen LogP contribution in [0, 0.1) is 0 Å². The minimum Gasteiger partial charge on any atom is -0.388 e. The van der Waals surface area contributed by atoms with Gasteiger partial charge in [0.1, 0.15) is 0 Å². The van der Waals surface area contributed by atoms with Crippen molar-refractivity contribution in [1.29, 1.82) is 0 Å². The van der Waals surface area contributed by atoms with Gasteiger partial charge in [0, 0.05) is 47.1 Å². The number of alkyl halides is 3. The lowest BCUT2D eigenvalue weighted by molar-refractivity contribution is -0.136. The average Bonchev–Trinajstić information content (AvgIpc) is 2.42. The number of rotatable bonds is 5. The van der Waals surface area contributed by atoms with Crippen molar-refractivity contribution in [2.45, 2.75) is 18.3 Å². The maximum absolute atomic E-state index is 12.9. The van der Waals surface area contributed by atoms with Crippen LogP contribution in [0.1, 0.15) is 22.8 Å². The zero-order chi connectivity index (χ0) is 16.2. The van der Waals surface area contributed by atoms with Crippen molar-refractivity contribution in [3.8, 4) is 0 Å². The summed E-state index contributed by atoms with van der Waals surface area (Å²) in [5.41, 5.74) is -1.08. The Hall–Kier alpha value is -1.57. The van der Waals surface area contributed by atoms with Gasteiger partial charge in [0.25, 0.3) is 5.91 Å². The molecule has 0 spiro atoms. The molecule has 0 saturated heterocycles. The molecule has 8 heteroatoms. The lowest BCUT2D eigenvalue weighted by atomic mass is 10.1. The van der Waals surface area contributed by atoms with Crippen LogP contribution < -0.4 is 10.6 Å². The molecule has 0 fully saturated rings. The zero-order valence-corrected chi connectivity index (χ0v) is 12.7. The highest BCUT2D eigenvalue weighted by atomic mass is 32.2. The third-order valence-electron chi connectivity index (χ3n) is 2.97. The summed E-state index contributed by atoms with van der Waals surface area (Å²) in [4.78, 5) is 11.9. The van der Waals surface area contributed by atoms with E-state index < -0.39 is 28.4 Å². The van der Waals surface area contributed by atoms with Crippen molar-refractivity contribution in [2.75, 3.05) is 25.2 Å². The number of amides is 1. The molecule has 1 aromatic carbocycles. The zero-order valence-electron chi connectivity index (χ0n) is 11.9. The third-order valence-corrected chi connectivity index (χ3v) is 4.27. The molecule has 1 aromatic rings. The van der Waals surface area contributed by atoms with E-state index in [9.17, 15) is 22.2 Å². The van der Waals surface area contributed by atoms with Gasteiger partial charge in [-0.1, -0.05) is 0 Å². The molecular formula is C13H17F3N2O2S. The molecule has 4 nitrogen and oxygen atoms in total. The molecule has 118 valence electrons. The fraction of sp³-hybridized carbons (Fsp3) is 0.462. The minimum atomic E-state index is -4.55. The molecule has 0 bridgehead atoms. The molecule has 0 aromatic heterocycles. The first-order chi connectivity index (χ1) is 9.66. The largest absolute Gasteiger partial charge is 0.418 e. The molecule has 0 radical (unpaired) electrons. The SMILES string of the molecule is CNc1ccc(C(=O)NCC(C)S(C)=O)cc1C(F)(F)F. The summed E-state index contributed by atoms with van der Waals surface area (Å²) in [6, 6.07) is 3.32. The lowest BCUT2D eigenvalue weighted by Crippen LogP contribution is -2.32. The first-order valence-corrected chi connectivity index (χ1v) is 7.78. The van der Waals surface area contributed by atoms with E-state index in [1.54, 1.807) is 6.92 Å². The lowest BCUT2D eigenvalue weighted by Gasteiger charge is -2.15. The van der Waals surface area contributed by atoms with Crippen LogP contribution in [0.3, 0.4) is 0 Å². The minimum absolute atomic E-state index is 0.0876. The van der Waals surface area contributed by atoms with E-state index in [1.165, 1.54) is 25.4 Å². The monoisotopic (exact) mass is 322 g/mol. The number of benzene rings is 1. The second-order valence-electron chi connectivity index (χ2n) is 4.53. The molecule has 2 N–H and O–H groups in total. The van der Waals surface area contributed by atoms with E-state index in [2.05, 4.69) is 10.6 Å². The Bertz CT molecular complexity index is 547. The standard InChI is InChI=1S/C13H17F3N2O2S/c1-8(21(3)20)7-18-12(19)9-4-5-11(17-2)10(6-9)13(14,15)16/h4-6,8,17H,7H2,1-3H3,(H,18,19). The first kappa shape index (κ1) is 17.5. The second-order valence-corrected chi connectivity index (χ2v) is 6.33. The topological polar surface area (TPSA) is 58.2 Å². The normalized spacial score (nSPS) is 14.4. The van der Waals surface area contributed by atoms with Crippen LogP contribution in [-0.4, -0.2) is 35.2 Å². The molecule has 2 atom stereocenters. The van der Waals surface area contributed by atoms with Crippen LogP contribution in [0.25, 0.3) is 0 Å². The number of halogens is 3. The second kappa shape index (κ2) is 6.93. The van der Waals surface area contributed by atoms with Gasteiger partial charge in [-0.3, -0.25) is 9.00 Å². The summed E-state index contributed by atoms with van der Waals surface area (Å²) >= 11 is 0. The van der Waals surface area contributed by atoms with E-state index >= 15 is 0 Å². The summed E-state index contributed by atoms with van der Waals surface area (Å²) in [5.74, 6) is -0.625. The van der Waals surface area contributed by atoms with Gasteiger partial charge >= 0.3 is 6.18 Å². The molecule has 0 aliphatic heterocycles. The van der Waals surface area contributed by atoms with Gasteiger partial charge in [-0.15, -0.1) is 0 Å². The highest BCUT2D eigenvalue weighted by Gasteiger charge is 2.34. The summed E-state index contributed by atoms with van der Waals surface area (Å²) in [6.07, 6.45) is -3.05. The van der Waals surface area contributed by atoms with Crippen LogP contribution >= 0.6 is 0 Å². The van der Waals surface area contributed by atoms with E-state index in [0.29, 0.717) is 0 Å². The number of nitrogens with one attached hydrogen (secondary N) is 2. The Balaban J connectivity index is 2.94. The maximum Gasteiger partial charge on any atom is 0.418 e. The van der Waals surface area contributed by atoms with Gasteiger partial charge in [-0.25, -0.2) is 0 Å². The predicted molar refractivity (Wildman–Crippen MR) is 76.9 cm³/mol. The van der Waals surface area contributed by atoms with E-state index in [-0.39, 0.29) is 23.0 Å². The molecule has 0 saturated carbocycles. The fourth-order valence-electron chi connectivity index (χ4n) is 1.59. The van der Waals surface area contributed by atoms with Crippen molar-refractivity contribution in [2.24, 2.45) is 0 Å². The third kappa shape index (κ3) is 4.73. The summed E-state index contributed by atoms with van der Waals surface area (Å²) in [6.45, 7) is 1.82. The highest BCUT2D eigenvalue weighted by molar-refractivity contribution is 7.84. The van der Waals surface area contributed by atoms with Crippen LogP contribution in [0.4, 0.5) is 18.9 Å². The fourth-order valence-corrected chi connectivity index (χ4v) is 1.91. The molecule has 0 aliphatic carbocycles. The quantitative estimate of drug-likeness (QED) is 0.874. The van der Waals surface area contributed by atoms with Gasteiger partial charge in [0.05, 0.1) is 5.56 Å². The number of hydrogen-bond acceptors (Lipinski definition) is 3. The number of carbonyl (C=O) groups excluding carboxylic acids is 1. The Kier molecular flexibility index (Phi) is 5.77. The van der Waals surface area contributed by atoms with Crippen molar-refractivity contribution in [3.05, 3.63) is 29.3 Å². The van der Waals surface area contributed by atoms with Gasteiger partial charge in [0.15, 0.2) is 0 Å². The van der Waals surface area contributed by atoms with E-state index in [0.717, 1.165) is 6.07 Å². The van der Waals surface area contributed by atoms with Gasteiger partial charge in [-0.05, 0) is 25.1 Å². The smallest absolute Gasteiger partial charge is 0.388 e.